The lowest BCUT2D eigenvalue weighted by atomic mass is 9.80. The van der Waals surface area contributed by atoms with Crippen molar-refractivity contribution < 1.29 is 0 Å². The van der Waals surface area contributed by atoms with Crippen molar-refractivity contribution in [2.24, 2.45) is 0 Å². The van der Waals surface area contributed by atoms with Crippen LogP contribution in [0.2, 0.25) is 0 Å². The number of hydrogen-bond donors (Lipinski definition) is 0. The van der Waals surface area contributed by atoms with Gasteiger partial charge in [0, 0.05) is 5.33 Å². The SMILES string of the molecule is C#C.CC.CC.CCC.CCCC/C(C)=C1/CC(c2ccc(C(C)(C)C)cc2)=CC=C1c1ccc(C(C)(C)C)cc1.CCCCCCCBr. The van der Waals surface area contributed by atoms with Crippen molar-refractivity contribution in [3.63, 3.8) is 0 Å². The van der Waals surface area contributed by atoms with Crippen LogP contribution in [0.4, 0.5) is 0 Å². The van der Waals surface area contributed by atoms with E-state index in [0.29, 0.717) is 0 Å². The van der Waals surface area contributed by atoms with Gasteiger partial charge in [0.1, 0.15) is 0 Å². The summed E-state index contributed by atoms with van der Waals surface area (Å²) in [5.74, 6) is 0. The highest BCUT2D eigenvalue weighted by Gasteiger charge is 2.20. The Labute approximate surface area is 316 Å². The normalized spacial score (nSPS) is 13.0. The van der Waals surface area contributed by atoms with Crippen LogP contribution in [0.1, 0.15) is 190 Å². The summed E-state index contributed by atoms with van der Waals surface area (Å²) >= 11 is 3.40. The van der Waals surface area contributed by atoms with Gasteiger partial charge in [0.05, 0.1) is 0 Å². The molecule has 1 heteroatoms. The molecule has 49 heavy (non-hydrogen) atoms. The predicted molar refractivity (Wildman–Crippen MR) is 234 cm³/mol. The molecule has 1 aliphatic rings. The van der Waals surface area contributed by atoms with Crippen molar-refractivity contribution in [3.05, 3.63) is 94.1 Å². The van der Waals surface area contributed by atoms with Gasteiger partial charge in [0.15, 0.2) is 0 Å². The number of allylic oxidation sites excluding steroid dienone is 6. The number of alkyl halides is 1. The highest BCUT2D eigenvalue weighted by atomic mass is 79.9. The second kappa shape index (κ2) is 30.5. The molecule has 0 saturated carbocycles. The van der Waals surface area contributed by atoms with E-state index < -0.39 is 0 Å². The molecule has 0 bridgehead atoms. The highest BCUT2D eigenvalue weighted by molar-refractivity contribution is 9.09. The van der Waals surface area contributed by atoms with Crippen LogP contribution < -0.4 is 0 Å². The van der Waals surface area contributed by atoms with Crippen LogP contribution in [-0.4, -0.2) is 5.33 Å². The molecule has 0 atom stereocenters. The molecule has 0 spiro atoms. The quantitative estimate of drug-likeness (QED) is 0.129. The minimum atomic E-state index is 0.182. The van der Waals surface area contributed by atoms with Crippen LogP contribution in [0.25, 0.3) is 11.1 Å². The number of unbranched alkanes of at least 4 members (excludes halogenated alkanes) is 5. The largest absolute Gasteiger partial charge is 0.124 e. The maximum atomic E-state index is 4.00. The molecule has 0 heterocycles. The van der Waals surface area contributed by atoms with Crippen LogP contribution in [-0.2, 0) is 10.8 Å². The molecule has 3 rings (SSSR count). The molecule has 0 saturated heterocycles. The first-order valence-electron chi connectivity index (χ1n) is 19.5. The third kappa shape index (κ3) is 21.5. The van der Waals surface area contributed by atoms with Gasteiger partial charge in [-0.15, -0.1) is 12.8 Å². The van der Waals surface area contributed by atoms with E-state index in [4.69, 9.17) is 0 Å². The lowest BCUT2D eigenvalue weighted by molar-refractivity contribution is 0.590. The minimum absolute atomic E-state index is 0.182. The smallest absolute Gasteiger partial charge is 0.00313 e. The van der Waals surface area contributed by atoms with E-state index in [0.717, 1.165) is 6.42 Å². The van der Waals surface area contributed by atoms with Gasteiger partial charge < -0.3 is 0 Å². The molecule has 278 valence electrons. The zero-order valence-electron chi connectivity index (χ0n) is 35.1. The maximum absolute atomic E-state index is 4.00. The molecule has 0 fully saturated rings. The topological polar surface area (TPSA) is 0 Å². The van der Waals surface area contributed by atoms with E-state index in [1.54, 1.807) is 0 Å². The minimum Gasteiger partial charge on any atom is -0.124 e. The molecule has 2 aromatic carbocycles. The second-order valence-corrected chi connectivity index (χ2v) is 15.1. The number of rotatable bonds is 10. The van der Waals surface area contributed by atoms with Crippen LogP contribution >= 0.6 is 15.9 Å². The Balaban J connectivity index is -0.00000105. The third-order valence-corrected chi connectivity index (χ3v) is 8.55. The molecule has 0 radical (unpaired) electrons. The standard InChI is InChI=1S/C32H42.C7H15Br.C3H8.2C2H6.C2H2/c1-9-10-11-23(2)30-22-26(24-12-17-27(18-13-24)31(3,4)5)16-21-29(30)25-14-19-28(20-15-25)32(6,7)8;1-2-3-4-5-6-7-8;1-3-2;3*1-2/h12-21H,9-11,22H2,1-8H3;2-7H2,1H3;3H2,1-2H3;2*1-2H3;1-2H/b30-23-;;;;;. The van der Waals surface area contributed by atoms with Crippen molar-refractivity contribution in [1.82, 2.24) is 0 Å². The average Bonchev–Trinajstić information content (AvgIpc) is 3.11. The number of benzene rings is 2. The van der Waals surface area contributed by atoms with Crippen LogP contribution in [0.5, 0.6) is 0 Å². The molecule has 0 aromatic heterocycles. The molecule has 2 aromatic rings. The Hall–Kier alpha value is -2.30. The molecule has 0 nitrogen and oxygen atoms in total. The Bertz CT molecular complexity index is 1160. The van der Waals surface area contributed by atoms with Gasteiger partial charge in [0.25, 0.3) is 0 Å². The monoisotopic (exact) mass is 735 g/mol. The van der Waals surface area contributed by atoms with E-state index in [9.17, 15) is 0 Å². The van der Waals surface area contributed by atoms with Gasteiger partial charge >= 0.3 is 0 Å². The van der Waals surface area contributed by atoms with Gasteiger partial charge in [-0.2, -0.15) is 0 Å². The van der Waals surface area contributed by atoms with Crippen LogP contribution in [0.15, 0.2) is 71.8 Å². The first-order valence-corrected chi connectivity index (χ1v) is 20.7. The Morgan fingerprint density at radius 2 is 1.02 bits per heavy atom. The van der Waals surface area contributed by atoms with Crippen molar-refractivity contribution >= 4 is 27.1 Å². The van der Waals surface area contributed by atoms with Crippen LogP contribution in [0, 0.1) is 12.8 Å². The number of hydrogen-bond acceptors (Lipinski definition) is 0. The van der Waals surface area contributed by atoms with E-state index in [-0.39, 0.29) is 10.8 Å². The lowest BCUT2D eigenvalue weighted by Gasteiger charge is -2.24. The zero-order valence-corrected chi connectivity index (χ0v) is 36.7. The Morgan fingerprint density at radius 1 is 0.612 bits per heavy atom. The molecule has 0 N–H and O–H groups in total. The van der Waals surface area contributed by atoms with Crippen LogP contribution in [0.3, 0.4) is 0 Å². The summed E-state index contributed by atoms with van der Waals surface area (Å²) in [6.45, 7) is 32.8. The summed E-state index contributed by atoms with van der Waals surface area (Å²) in [4.78, 5) is 0. The van der Waals surface area contributed by atoms with Crippen molar-refractivity contribution in [2.75, 3.05) is 5.33 Å². The van der Waals surface area contributed by atoms with Gasteiger partial charge in [0.2, 0.25) is 0 Å². The molecule has 0 aliphatic heterocycles. The average molecular weight is 736 g/mol. The molecular formula is C48H79Br. The zero-order chi connectivity index (χ0) is 38.5. The molecule has 0 amide bonds. The highest BCUT2D eigenvalue weighted by Crippen LogP contribution is 2.39. The lowest BCUT2D eigenvalue weighted by Crippen LogP contribution is -2.11. The van der Waals surface area contributed by atoms with E-state index in [2.05, 4.69) is 166 Å². The van der Waals surface area contributed by atoms with E-state index in [1.807, 2.05) is 27.7 Å². The maximum Gasteiger partial charge on any atom is 0.00313 e. The van der Waals surface area contributed by atoms with Gasteiger partial charge in [-0.25, -0.2) is 0 Å². The summed E-state index contributed by atoms with van der Waals surface area (Å²) in [5.41, 5.74) is 11.7. The first-order chi connectivity index (χ1) is 23.3. The van der Waals surface area contributed by atoms with Crippen molar-refractivity contribution in [1.29, 1.82) is 0 Å². The summed E-state index contributed by atoms with van der Waals surface area (Å²) in [6.07, 6.45) is 25.6. The number of terminal acetylenes is 1. The van der Waals surface area contributed by atoms with Crippen molar-refractivity contribution in [3.8, 4) is 12.8 Å². The summed E-state index contributed by atoms with van der Waals surface area (Å²) in [6, 6.07) is 18.5. The fraction of sp³-hybridized carbons (Fsp3) is 0.583. The molecule has 1 aliphatic carbocycles. The van der Waals surface area contributed by atoms with Crippen molar-refractivity contribution in [2.45, 2.75) is 179 Å². The summed E-state index contributed by atoms with van der Waals surface area (Å²) in [5, 5.41) is 1.18. The van der Waals surface area contributed by atoms with Gasteiger partial charge in [-0.05, 0) is 82.4 Å². The Kier molecular flexibility index (Phi) is 31.8. The fourth-order valence-electron chi connectivity index (χ4n) is 5.10. The fourth-order valence-corrected chi connectivity index (χ4v) is 5.50. The molecule has 0 unspecified atom stereocenters. The third-order valence-electron chi connectivity index (χ3n) is 7.98. The predicted octanol–water partition coefficient (Wildman–Crippen LogP) is 16.7. The van der Waals surface area contributed by atoms with E-state index >= 15 is 0 Å². The summed E-state index contributed by atoms with van der Waals surface area (Å²) in [7, 11) is 0. The van der Waals surface area contributed by atoms with Gasteiger partial charge in [-0.3, -0.25) is 0 Å². The number of halogens is 1. The first kappa shape index (κ1) is 51.1. The van der Waals surface area contributed by atoms with E-state index in [1.165, 1.54) is 108 Å². The molecular weight excluding hydrogens is 656 g/mol. The summed E-state index contributed by atoms with van der Waals surface area (Å²) < 4.78 is 0. The Morgan fingerprint density at radius 3 is 1.41 bits per heavy atom. The second-order valence-electron chi connectivity index (χ2n) is 14.3. The van der Waals surface area contributed by atoms with Gasteiger partial charge in [-0.1, -0.05) is 218 Å².